The maximum atomic E-state index is 14.1. The highest BCUT2D eigenvalue weighted by molar-refractivity contribution is 9.10. The van der Waals surface area contributed by atoms with Gasteiger partial charge in [-0.3, -0.25) is 0 Å². The summed E-state index contributed by atoms with van der Waals surface area (Å²) in [6.45, 7) is 2.15. The number of rotatable bonds is 3. The summed E-state index contributed by atoms with van der Waals surface area (Å²) in [5.74, 6) is 0.0863. The van der Waals surface area contributed by atoms with E-state index in [-0.39, 0.29) is 0 Å². The van der Waals surface area contributed by atoms with Crippen molar-refractivity contribution < 1.29 is 14.2 Å². The minimum absolute atomic E-state index is 0.310. The van der Waals surface area contributed by atoms with Crippen LogP contribution >= 0.6 is 15.9 Å². The van der Waals surface area contributed by atoms with E-state index in [1.165, 1.54) is 0 Å². The van der Waals surface area contributed by atoms with Gasteiger partial charge in [0, 0.05) is 12.7 Å². The molecule has 1 N–H and O–H groups in total. The van der Waals surface area contributed by atoms with Crippen LogP contribution in [0.2, 0.25) is 0 Å². The Kier molecular flexibility index (Phi) is 4.64. The molecule has 1 fully saturated rings. The van der Waals surface area contributed by atoms with E-state index in [2.05, 4.69) is 22.9 Å². The lowest BCUT2D eigenvalue weighted by Gasteiger charge is -2.42. The molecule has 0 aliphatic heterocycles. The average Bonchev–Trinajstić information content (AvgIpc) is 2.41. The van der Waals surface area contributed by atoms with Crippen LogP contribution in [0.25, 0.3) is 0 Å². The zero-order valence-corrected chi connectivity index (χ0v) is 12.9. The molecule has 0 heterocycles. The maximum absolute atomic E-state index is 14.1. The Morgan fingerprint density at radius 1 is 1.53 bits per heavy atom. The normalized spacial score (nSPS) is 29.2. The highest BCUT2D eigenvalue weighted by Crippen LogP contribution is 2.44. The first-order valence-electron chi connectivity index (χ1n) is 6.67. The van der Waals surface area contributed by atoms with Crippen molar-refractivity contribution in [3.63, 3.8) is 0 Å². The Morgan fingerprint density at radius 2 is 2.26 bits per heavy atom. The molecule has 19 heavy (non-hydrogen) atoms. The molecule has 1 aromatic rings. The number of hydrogen-bond acceptors (Lipinski definition) is 2. The van der Waals surface area contributed by atoms with Crippen molar-refractivity contribution >= 4 is 15.9 Å². The van der Waals surface area contributed by atoms with Gasteiger partial charge < -0.3 is 9.84 Å². The van der Waals surface area contributed by atoms with E-state index in [4.69, 9.17) is 4.74 Å². The summed E-state index contributed by atoms with van der Waals surface area (Å²) in [5.41, 5.74) is -0.357. The third-order valence-electron chi connectivity index (χ3n) is 4.17. The Bertz CT molecular complexity index is 452. The van der Waals surface area contributed by atoms with Gasteiger partial charge in [-0.05, 0) is 40.8 Å². The first-order valence-corrected chi connectivity index (χ1v) is 7.46. The van der Waals surface area contributed by atoms with Crippen LogP contribution in [0.3, 0.4) is 0 Å². The van der Waals surface area contributed by atoms with Crippen LogP contribution in [0, 0.1) is 11.7 Å². The molecule has 2 nitrogen and oxygen atoms in total. The quantitative estimate of drug-likeness (QED) is 0.899. The van der Waals surface area contributed by atoms with Gasteiger partial charge in [0.1, 0.15) is 11.9 Å². The summed E-state index contributed by atoms with van der Waals surface area (Å²) in [6.07, 6.45) is 2.73. The summed E-state index contributed by atoms with van der Waals surface area (Å²) in [4.78, 5) is 0. The molecule has 0 radical (unpaired) electrons. The van der Waals surface area contributed by atoms with Crippen molar-refractivity contribution in [3.05, 3.63) is 34.1 Å². The minimum Gasteiger partial charge on any atom is -0.385 e. The number of hydrogen-bond donors (Lipinski definition) is 1. The molecule has 0 aromatic heterocycles. The number of benzene rings is 1. The van der Waals surface area contributed by atoms with E-state index in [1.807, 2.05) is 0 Å². The zero-order chi connectivity index (χ0) is 14.0. The molecule has 1 aliphatic carbocycles. The predicted octanol–water partition coefficient (Wildman–Crippen LogP) is 4.22. The van der Waals surface area contributed by atoms with E-state index in [0.717, 1.165) is 25.7 Å². The van der Waals surface area contributed by atoms with Crippen LogP contribution in [0.15, 0.2) is 22.7 Å². The number of methoxy groups -OCH3 is 1. The molecule has 106 valence electrons. The number of halogens is 2. The topological polar surface area (TPSA) is 29.5 Å². The van der Waals surface area contributed by atoms with Crippen LogP contribution in [-0.2, 0) is 4.74 Å². The van der Waals surface area contributed by atoms with E-state index in [0.29, 0.717) is 16.0 Å². The third-order valence-corrected chi connectivity index (χ3v) is 4.78. The van der Waals surface area contributed by atoms with E-state index >= 15 is 0 Å². The largest absolute Gasteiger partial charge is 0.385 e. The van der Waals surface area contributed by atoms with Crippen molar-refractivity contribution in [2.45, 2.75) is 44.3 Å². The first kappa shape index (κ1) is 14.9. The second kappa shape index (κ2) is 5.90. The molecule has 0 spiro atoms. The van der Waals surface area contributed by atoms with Gasteiger partial charge in [-0.25, -0.2) is 4.39 Å². The molecule has 1 aromatic carbocycles. The summed E-state index contributed by atoms with van der Waals surface area (Å²) >= 11 is 3.16. The number of aliphatic hydroxyl groups is 1. The molecular weight excluding hydrogens is 311 g/mol. The van der Waals surface area contributed by atoms with E-state index in [1.54, 1.807) is 25.3 Å². The van der Waals surface area contributed by atoms with Crippen molar-refractivity contribution in [1.29, 1.82) is 0 Å². The second-order valence-corrected chi connectivity index (χ2v) is 6.37. The number of ether oxygens (including phenoxy) is 1. The Balaban J connectivity index is 2.35. The van der Waals surface area contributed by atoms with Crippen LogP contribution < -0.4 is 0 Å². The molecule has 0 saturated heterocycles. The Morgan fingerprint density at radius 3 is 2.89 bits per heavy atom. The summed E-state index contributed by atoms with van der Waals surface area (Å²) in [6, 6.07) is 5.00. The molecule has 3 atom stereocenters. The SMILES string of the molecule is COC1(C(O)c2cccc(Br)c2F)CCCC(C)C1. The molecule has 1 aliphatic rings. The van der Waals surface area contributed by atoms with E-state index in [9.17, 15) is 9.50 Å². The summed E-state index contributed by atoms with van der Waals surface area (Å²) in [5, 5.41) is 10.6. The molecule has 4 heteroatoms. The van der Waals surface area contributed by atoms with Gasteiger partial charge in [-0.2, -0.15) is 0 Å². The van der Waals surface area contributed by atoms with Crippen LogP contribution in [0.1, 0.15) is 44.3 Å². The van der Waals surface area contributed by atoms with Crippen molar-refractivity contribution in [1.82, 2.24) is 0 Å². The highest BCUT2D eigenvalue weighted by atomic mass is 79.9. The number of aliphatic hydroxyl groups excluding tert-OH is 1. The van der Waals surface area contributed by atoms with Gasteiger partial charge in [0.25, 0.3) is 0 Å². The minimum atomic E-state index is -0.933. The Labute approximate surface area is 122 Å². The van der Waals surface area contributed by atoms with Crippen molar-refractivity contribution in [2.24, 2.45) is 5.92 Å². The highest BCUT2D eigenvalue weighted by Gasteiger charge is 2.43. The van der Waals surface area contributed by atoms with Crippen LogP contribution in [-0.4, -0.2) is 17.8 Å². The fraction of sp³-hybridized carbons (Fsp3) is 0.600. The third kappa shape index (κ3) is 2.86. The van der Waals surface area contributed by atoms with Gasteiger partial charge in [-0.1, -0.05) is 31.9 Å². The second-order valence-electron chi connectivity index (χ2n) is 5.52. The van der Waals surface area contributed by atoms with Crippen molar-refractivity contribution in [3.8, 4) is 0 Å². The molecule has 1 saturated carbocycles. The lowest BCUT2D eigenvalue weighted by molar-refractivity contribution is -0.135. The maximum Gasteiger partial charge on any atom is 0.143 e. The molecule has 0 bridgehead atoms. The van der Waals surface area contributed by atoms with Crippen LogP contribution in [0.4, 0.5) is 4.39 Å². The summed E-state index contributed by atoms with van der Waals surface area (Å²) < 4.78 is 20.2. The van der Waals surface area contributed by atoms with Gasteiger partial charge in [0.05, 0.1) is 10.1 Å². The van der Waals surface area contributed by atoms with Crippen molar-refractivity contribution in [2.75, 3.05) is 7.11 Å². The average molecular weight is 331 g/mol. The van der Waals surface area contributed by atoms with Gasteiger partial charge >= 0.3 is 0 Å². The molecular formula is C15H20BrFO2. The summed E-state index contributed by atoms with van der Waals surface area (Å²) in [7, 11) is 1.61. The smallest absolute Gasteiger partial charge is 0.143 e. The molecule has 2 rings (SSSR count). The predicted molar refractivity (Wildman–Crippen MR) is 76.4 cm³/mol. The standard InChI is InChI=1S/C15H20BrFO2/c1-10-5-4-8-15(9-10,19-2)14(18)11-6-3-7-12(16)13(11)17/h3,6-7,10,14,18H,4-5,8-9H2,1-2H3. The molecule has 0 amide bonds. The van der Waals surface area contributed by atoms with Gasteiger partial charge in [0.2, 0.25) is 0 Å². The fourth-order valence-corrected chi connectivity index (χ4v) is 3.49. The van der Waals surface area contributed by atoms with Gasteiger partial charge in [0.15, 0.2) is 0 Å². The lowest BCUT2D eigenvalue weighted by atomic mass is 9.74. The zero-order valence-electron chi connectivity index (χ0n) is 11.3. The van der Waals surface area contributed by atoms with Crippen LogP contribution in [0.5, 0.6) is 0 Å². The Hall–Kier alpha value is -0.450. The van der Waals surface area contributed by atoms with E-state index < -0.39 is 17.5 Å². The fourth-order valence-electron chi connectivity index (χ4n) is 3.10. The lowest BCUT2D eigenvalue weighted by Crippen LogP contribution is -2.43. The monoisotopic (exact) mass is 330 g/mol. The molecule has 3 unspecified atom stereocenters. The van der Waals surface area contributed by atoms with Gasteiger partial charge in [-0.15, -0.1) is 0 Å². The first-order chi connectivity index (χ1) is 9.00.